The van der Waals surface area contributed by atoms with Crippen molar-refractivity contribution in [2.24, 2.45) is 11.8 Å². The van der Waals surface area contributed by atoms with Crippen LogP contribution in [0.15, 0.2) is 30.5 Å². The molecular formula is C23H23ClN4O4. The largest absolute Gasteiger partial charge is 0.480 e. The summed E-state index contributed by atoms with van der Waals surface area (Å²) in [6.07, 6.45) is 1.46. The van der Waals surface area contributed by atoms with Crippen LogP contribution in [0, 0.1) is 11.8 Å². The van der Waals surface area contributed by atoms with Gasteiger partial charge in [-0.2, -0.15) is 4.98 Å². The number of carbonyl (C=O) groups excluding carboxylic acids is 1. The lowest BCUT2D eigenvalue weighted by Gasteiger charge is -2.22. The Morgan fingerprint density at radius 1 is 1.16 bits per heavy atom. The smallest absolute Gasteiger partial charge is 0.337 e. The number of H-pyrrole nitrogens is 1. The van der Waals surface area contributed by atoms with Crippen LogP contribution >= 0.6 is 11.6 Å². The van der Waals surface area contributed by atoms with Gasteiger partial charge in [-0.15, -0.1) is 0 Å². The monoisotopic (exact) mass is 454 g/mol. The zero-order valence-corrected chi connectivity index (χ0v) is 18.5. The van der Waals surface area contributed by atoms with Gasteiger partial charge in [-0.25, -0.2) is 4.79 Å². The molecule has 0 radical (unpaired) electrons. The number of fused-ring (bicyclic) bond motifs is 2. The number of hydrogen-bond donors (Lipinski definition) is 2. The first-order valence-electron chi connectivity index (χ1n) is 10.5. The normalized spacial score (nSPS) is 20.1. The van der Waals surface area contributed by atoms with E-state index in [1.807, 2.05) is 17.0 Å². The van der Waals surface area contributed by atoms with E-state index in [-0.39, 0.29) is 11.5 Å². The van der Waals surface area contributed by atoms with Crippen molar-refractivity contribution in [3.8, 4) is 17.0 Å². The van der Waals surface area contributed by atoms with E-state index >= 15 is 0 Å². The summed E-state index contributed by atoms with van der Waals surface area (Å²) in [5.74, 6) is 1.28. The molecule has 2 N–H and O–H groups in total. The second-order valence-electron chi connectivity index (χ2n) is 8.46. The number of carboxylic acid groups (broad SMARTS) is 1. The fourth-order valence-electron chi connectivity index (χ4n) is 4.93. The molecule has 1 amide bonds. The van der Waals surface area contributed by atoms with Gasteiger partial charge in [0.25, 0.3) is 0 Å². The minimum absolute atomic E-state index is 0.137. The highest BCUT2D eigenvalue weighted by Crippen LogP contribution is 2.40. The lowest BCUT2D eigenvalue weighted by Crippen LogP contribution is -2.31. The first-order chi connectivity index (χ1) is 15.4. The minimum atomic E-state index is -1.01. The molecule has 0 spiro atoms. The Hall–Kier alpha value is -3.26. The van der Waals surface area contributed by atoms with Crippen LogP contribution in [0.5, 0.6) is 5.88 Å². The van der Waals surface area contributed by atoms with E-state index in [9.17, 15) is 14.7 Å². The fourth-order valence-corrected chi connectivity index (χ4v) is 5.20. The van der Waals surface area contributed by atoms with Crippen molar-refractivity contribution in [1.29, 1.82) is 0 Å². The second-order valence-corrected chi connectivity index (χ2v) is 8.87. The number of likely N-dealkylation sites (tertiary alicyclic amines) is 1. The molecule has 2 aromatic heterocycles. The molecule has 2 saturated heterocycles. The van der Waals surface area contributed by atoms with E-state index in [2.05, 4.69) is 9.88 Å². The van der Waals surface area contributed by atoms with Crippen LogP contribution in [0.4, 0.5) is 5.82 Å². The first kappa shape index (κ1) is 20.6. The number of anilines is 1. The van der Waals surface area contributed by atoms with Gasteiger partial charge in [-0.1, -0.05) is 11.6 Å². The van der Waals surface area contributed by atoms with Crippen molar-refractivity contribution in [2.45, 2.75) is 6.92 Å². The second kappa shape index (κ2) is 7.70. The van der Waals surface area contributed by atoms with Crippen LogP contribution in [0.3, 0.4) is 0 Å². The Bertz CT molecular complexity index is 1230. The standard InChI is InChI=1S/C23H23ClN4O4/c1-12(29)27-8-13-10-28(11-14(13)9-27)21-4-3-15(22(26-21)32-2)16-5-17-18(23(30)31)7-25-20(17)6-19(16)24/h3-7,13-14,25H,8-11H2,1-2H3,(H,30,31)/t13-,14+. The zero-order valence-electron chi connectivity index (χ0n) is 17.8. The number of halogens is 1. The number of aromatic amines is 1. The number of ether oxygens (including phenoxy) is 1. The first-order valence-corrected chi connectivity index (χ1v) is 10.8. The van der Waals surface area contributed by atoms with Gasteiger partial charge < -0.3 is 24.6 Å². The molecule has 5 rings (SSSR count). The third kappa shape index (κ3) is 3.35. The quantitative estimate of drug-likeness (QED) is 0.626. The highest BCUT2D eigenvalue weighted by atomic mass is 35.5. The van der Waals surface area contributed by atoms with Crippen LogP contribution in [-0.2, 0) is 4.79 Å². The van der Waals surface area contributed by atoms with E-state index in [4.69, 9.17) is 21.3 Å². The Morgan fingerprint density at radius 2 is 1.88 bits per heavy atom. The summed E-state index contributed by atoms with van der Waals surface area (Å²) in [4.78, 5) is 35.1. The molecule has 0 aliphatic carbocycles. The molecule has 3 aromatic rings. The van der Waals surface area contributed by atoms with Gasteiger partial charge in [0.05, 0.1) is 17.7 Å². The van der Waals surface area contributed by atoms with Crippen molar-refractivity contribution in [3.05, 3.63) is 41.0 Å². The number of rotatable bonds is 4. The Kier molecular flexibility index (Phi) is 4.97. The lowest BCUT2D eigenvalue weighted by atomic mass is 10.0. The average molecular weight is 455 g/mol. The summed E-state index contributed by atoms with van der Waals surface area (Å²) in [7, 11) is 1.56. The van der Waals surface area contributed by atoms with Gasteiger partial charge in [-0.05, 0) is 24.3 Å². The maximum atomic E-state index is 11.7. The molecule has 32 heavy (non-hydrogen) atoms. The number of nitrogens with one attached hydrogen (secondary N) is 1. The molecule has 8 nitrogen and oxygen atoms in total. The Morgan fingerprint density at radius 3 is 2.50 bits per heavy atom. The maximum Gasteiger partial charge on any atom is 0.337 e. The minimum Gasteiger partial charge on any atom is -0.480 e. The topological polar surface area (TPSA) is 98.8 Å². The molecule has 9 heteroatoms. The van der Waals surface area contributed by atoms with Gasteiger partial charge in [0.1, 0.15) is 5.82 Å². The predicted molar refractivity (Wildman–Crippen MR) is 121 cm³/mol. The average Bonchev–Trinajstić information content (AvgIpc) is 3.45. The highest BCUT2D eigenvalue weighted by molar-refractivity contribution is 6.34. The number of aromatic nitrogens is 2. The summed E-state index contributed by atoms with van der Waals surface area (Å²) in [6, 6.07) is 7.33. The number of methoxy groups -OCH3 is 1. The van der Waals surface area contributed by atoms with Gasteiger partial charge in [0.15, 0.2) is 0 Å². The maximum absolute atomic E-state index is 11.7. The molecule has 2 aliphatic heterocycles. The zero-order chi connectivity index (χ0) is 22.6. The molecule has 0 bridgehead atoms. The van der Waals surface area contributed by atoms with Crippen LogP contribution in [0.25, 0.3) is 22.0 Å². The molecule has 166 valence electrons. The number of carbonyl (C=O) groups is 2. The van der Waals surface area contributed by atoms with E-state index in [1.54, 1.807) is 26.2 Å². The third-order valence-electron chi connectivity index (χ3n) is 6.58. The molecule has 2 fully saturated rings. The summed E-state index contributed by atoms with van der Waals surface area (Å²) in [6.45, 7) is 4.91. The molecule has 2 aliphatic rings. The summed E-state index contributed by atoms with van der Waals surface area (Å²) < 4.78 is 5.60. The predicted octanol–water partition coefficient (Wildman–Crippen LogP) is 3.50. The van der Waals surface area contributed by atoms with Crippen LogP contribution < -0.4 is 9.64 Å². The Balaban J connectivity index is 1.46. The summed E-state index contributed by atoms with van der Waals surface area (Å²) in [5.41, 5.74) is 2.20. The lowest BCUT2D eigenvalue weighted by molar-refractivity contribution is -0.128. The van der Waals surface area contributed by atoms with Crippen molar-refractivity contribution < 1.29 is 19.4 Å². The molecule has 2 atom stereocenters. The van der Waals surface area contributed by atoms with E-state index in [0.29, 0.717) is 44.8 Å². The number of aromatic carboxylic acids is 1. The van der Waals surface area contributed by atoms with Gasteiger partial charge >= 0.3 is 5.97 Å². The molecule has 1 aromatic carbocycles. The van der Waals surface area contributed by atoms with Crippen LogP contribution in [-0.4, -0.2) is 65.1 Å². The van der Waals surface area contributed by atoms with E-state index in [0.717, 1.165) is 32.0 Å². The van der Waals surface area contributed by atoms with Gasteiger partial charge in [0, 0.05) is 73.2 Å². The molecular weight excluding hydrogens is 432 g/mol. The van der Waals surface area contributed by atoms with Crippen molar-refractivity contribution in [3.63, 3.8) is 0 Å². The van der Waals surface area contributed by atoms with Crippen LogP contribution in [0.1, 0.15) is 17.3 Å². The number of carboxylic acids is 1. The van der Waals surface area contributed by atoms with Crippen molar-refractivity contribution >= 4 is 40.2 Å². The molecule has 0 saturated carbocycles. The number of hydrogen-bond acceptors (Lipinski definition) is 5. The third-order valence-corrected chi connectivity index (χ3v) is 6.90. The molecule has 4 heterocycles. The number of amides is 1. The van der Waals surface area contributed by atoms with E-state index < -0.39 is 5.97 Å². The summed E-state index contributed by atoms with van der Waals surface area (Å²) >= 11 is 6.53. The van der Waals surface area contributed by atoms with Gasteiger partial charge in [0.2, 0.25) is 11.8 Å². The number of nitrogens with zero attached hydrogens (tertiary/aromatic N) is 3. The fraction of sp³-hybridized carbons (Fsp3) is 0.348. The van der Waals surface area contributed by atoms with Gasteiger partial charge in [-0.3, -0.25) is 4.79 Å². The number of pyridine rings is 1. The molecule has 0 unspecified atom stereocenters. The highest BCUT2D eigenvalue weighted by Gasteiger charge is 2.41. The SMILES string of the molecule is COc1nc(N2C[C@H]3CN(C(C)=O)C[C@H]3C2)ccc1-c1cc2c(C(=O)O)c[nH]c2cc1Cl. The summed E-state index contributed by atoms with van der Waals surface area (Å²) in [5, 5.41) is 10.5. The van der Waals surface area contributed by atoms with Crippen molar-refractivity contribution in [2.75, 3.05) is 38.2 Å². The van der Waals surface area contributed by atoms with Crippen molar-refractivity contribution in [1.82, 2.24) is 14.9 Å². The van der Waals surface area contributed by atoms with Crippen LogP contribution in [0.2, 0.25) is 5.02 Å². The number of benzene rings is 1. The van der Waals surface area contributed by atoms with E-state index in [1.165, 1.54) is 6.20 Å². The Labute approximate surface area is 189 Å².